The van der Waals surface area contributed by atoms with Crippen molar-refractivity contribution in [3.05, 3.63) is 47.7 Å². The first-order valence-corrected chi connectivity index (χ1v) is 14.3. The lowest BCUT2D eigenvalue weighted by atomic mass is 9.96. The van der Waals surface area contributed by atoms with Gasteiger partial charge in [-0.1, -0.05) is 31.1 Å². The lowest BCUT2D eigenvalue weighted by Gasteiger charge is -2.31. The summed E-state index contributed by atoms with van der Waals surface area (Å²) in [4.78, 5) is 16.4. The third-order valence-electron chi connectivity index (χ3n) is 6.57. The summed E-state index contributed by atoms with van der Waals surface area (Å²) >= 11 is 1.62. The molecule has 35 heavy (non-hydrogen) atoms. The molecule has 10 heteroatoms. The zero-order valence-electron chi connectivity index (χ0n) is 20.3. The number of hydrogen-bond donors (Lipinski definition) is 0. The van der Waals surface area contributed by atoms with E-state index in [1.165, 1.54) is 0 Å². The molecule has 1 saturated heterocycles. The van der Waals surface area contributed by atoms with Crippen LogP contribution in [0.25, 0.3) is 21.3 Å². The van der Waals surface area contributed by atoms with Crippen molar-refractivity contribution in [1.29, 1.82) is 0 Å². The normalized spacial score (nSPS) is 15.5. The Morgan fingerprint density at radius 1 is 1.06 bits per heavy atom. The maximum atomic E-state index is 12.5. The number of piperidine rings is 1. The van der Waals surface area contributed by atoms with Gasteiger partial charge in [0.1, 0.15) is 12.1 Å². The van der Waals surface area contributed by atoms with Crippen molar-refractivity contribution >= 4 is 37.2 Å². The minimum Gasteiger partial charge on any atom is -0.355 e. The minimum atomic E-state index is -3.30. The number of nitrogens with zero attached hydrogens (tertiary/aromatic N) is 5. The highest BCUT2D eigenvalue weighted by molar-refractivity contribution is 7.92. The SMILES string of the molecule is CC(C)c1noc(C2CCN(c3ncnc4c(-c5ccc(S(=O)(=O)C(C)C)cc5)csc34)CC2)n1. The van der Waals surface area contributed by atoms with Gasteiger partial charge in [-0.3, -0.25) is 0 Å². The first-order valence-electron chi connectivity index (χ1n) is 11.9. The number of anilines is 1. The van der Waals surface area contributed by atoms with Crippen LogP contribution < -0.4 is 4.90 Å². The Labute approximate surface area is 209 Å². The number of sulfone groups is 1. The Morgan fingerprint density at radius 3 is 2.40 bits per heavy atom. The molecule has 0 atom stereocenters. The maximum Gasteiger partial charge on any atom is 0.229 e. The predicted octanol–water partition coefficient (Wildman–Crippen LogP) is 5.43. The third-order valence-corrected chi connectivity index (χ3v) is 9.70. The second-order valence-corrected chi connectivity index (χ2v) is 12.9. The first-order chi connectivity index (χ1) is 16.8. The molecule has 1 aliphatic rings. The zero-order valence-corrected chi connectivity index (χ0v) is 21.9. The van der Waals surface area contributed by atoms with E-state index in [1.54, 1.807) is 43.6 Å². The van der Waals surface area contributed by atoms with Gasteiger partial charge in [0.05, 0.1) is 20.4 Å². The van der Waals surface area contributed by atoms with Crippen molar-refractivity contribution in [3.8, 4) is 11.1 Å². The summed E-state index contributed by atoms with van der Waals surface area (Å²) in [7, 11) is -3.30. The van der Waals surface area contributed by atoms with Crippen LogP contribution in [0.5, 0.6) is 0 Å². The Kier molecular flexibility index (Phi) is 6.35. The van der Waals surface area contributed by atoms with Crippen LogP contribution in [-0.4, -0.2) is 46.9 Å². The molecule has 3 aromatic heterocycles. The first kappa shape index (κ1) is 23.9. The number of thiophene rings is 1. The van der Waals surface area contributed by atoms with Gasteiger partial charge in [-0.2, -0.15) is 4.98 Å². The summed E-state index contributed by atoms with van der Waals surface area (Å²) in [5.41, 5.74) is 2.82. The van der Waals surface area contributed by atoms with Crippen LogP contribution >= 0.6 is 11.3 Å². The van der Waals surface area contributed by atoms with Crippen molar-refractivity contribution in [2.24, 2.45) is 0 Å². The van der Waals surface area contributed by atoms with Crippen molar-refractivity contribution in [2.45, 2.75) is 62.5 Å². The second kappa shape index (κ2) is 9.31. The number of rotatable bonds is 6. The van der Waals surface area contributed by atoms with Gasteiger partial charge < -0.3 is 9.42 Å². The zero-order chi connectivity index (χ0) is 24.7. The number of fused-ring (bicyclic) bond motifs is 1. The molecule has 1 aromatic carbocycles. The Balaban J connectivity index is 1.37. The summed E-state index contributed by atoms with van der Waals surface area (Å²) in [6, 6.07) is 7.09. The fourth-order valence-corrected chi connectivity index (χ4v) is 6.46. The van der Waals surface area contributed by atoms with Gasteiger partial charge in [0.15, 0.2) is 15.7 Å². The van der Waals surface area contributed by atoms with E-state index in [1.807, 2.05) is 12.1 Å². The number of benzene rings is 1. The predicted molar refractivity (Wildman–Crippen MR) is 138 cm³/mol. The molecular formula is C25H29N5O3S2. The van der Waals surface area contributed by atoms with Crippen LogP contribution in [-0.2, 0) is 9.84 Å². The van der Waals surface area contributed by atoms with Gasteiger partial charge in [0.2, 0.25) is 5.89 Å². The van der Waals surface area contributed by atoms with E-state index in [-0.39, 0.29) is 11.8 Å². The van der Waals surface area contributed by atoms with Crippen LogP contribution in [0.4, 0.5) is 5.82 Å². The van der Waals surface area contributed by atoms with E-state index in [0.717, 1.165) is 64.8 Å². The molecule has 0 unspecified atom stereocenters. The molecule has 0 amide bonds. The lowest BCUT2D eigenvalue weighted by molar-refractivity contribution is 0.326. The second-order valence-electron chi connectivity index (χ2n) is 9.55. The van der Waals surface area contributed by atoms with E-state index in [4.69, 9.17) is 4.52 Å². The van der Waals surface area contributed by atoms with Gasteiger partial charge >= 0.3 is 0 Å². The van der Waals surface area contributed by atoms with Gasteiger partial charge in [-0.05, 0) is 44.4 Å². The van der Waals surface area contributed by atoms with Crippen molar-refractivity contribution in [3.63, 3.8) is 0 Å². The molecule has 4 heterocycles. The number of aromatic nitrogens is 4. The van der Waals surface area contributed by atoms with E-state index in [9.17, 15) is 8.42 Å². The van der Waals surface area contributed by atoms with E-state index < -0.39 is 15.1 Å². The Hall–Kier alpha value is -2.85. The Bertz CT molecular complexity index is 1430. The average Bonchev–Trinajstić information content (AvgIpc) is 3.52. The molecule has 0 radical (unpaired) electrons. The summed E-state index contributed by atoms with van der Waals surface area (Å²) in [5, 5.41) is 5.74. The summed E-state index contributed by atoms with van der Waals surface area (Å²) < 4.78 is 31.5. The van der Waals surface area contributed by atoms with Gasteiger partial charge in [0.25, 0.3) is 0 Å². The summed E-state index contributed by atoms with van der Waals surface area (Å²) in [6.07, 6.45) is 3.47. The molecule has 0 spiro atoms. The standard InChI is InChI=1S/C25H29N5O3S2/c1-15(2)23-28-25(33-29-23)18-9-11-30(12-10-18)24-22-21(26-14-27-24)20(13-34-22)17-5-7-19(8-6-17)35(31,32)16(3)4/h5-8,13-16,18H,9-12H2,1-4H3. The van der Waals surface area contributed by atoms with Crippen LogP contribution in [0.1, 0.15) is 64.1 Å². The molecule has 0 N–H and O–H groups in total. The quantitative estimate of drug-likeness (QED) is 0.338. The molecule has 8 nitrogen and oxygen atoms in total. The van der Waals surface area contributed by atoms with Gasteiger partial charge in [-0.25, -0.2) is 18.4 Å². The van der Waals surface area contributed by atoms with Gasteiger partial charge in [0, 0.05) is 35.9 Å². The van der Waals surface area contributed by atoms with E-state index in [0.29, 0.717) is 4.90 Å². The molecule has 0 saturated carbocycles. The molecule has 1 fully saturated rings. The average molecular weight is 512 g/mol. The third kappa shape index (κ3) is 4.45. The topological polar surface area (TPSA) is 102 Å². The fourth-order valence-electron chi connectivity index (χ4n) is 4.35. The maximum absolute atomic E-state index is 12.5. The molecule has 5 rings (SSSR count). The Morgan fingerprint density at radius 2 is 1.77 bits per heavy atom. The van der Waals surface area contributed by atoms with Crippen LogP contribution in [0, 0.1) is 0 Å². The molecule has 4 aromatic rings. The molecule has 184 valence electrons. The van der Waals surface area contributed by atoms with Crippen LogP contribution in [0.3, 0.4) is 0 Å². The lowest BCUT2D eigenvalue weighted by Crippen LogP contribution is -2.33. The smallest absolute Gasteiger partial charge is 0.229 e. The highest BCUT2D eigenvalue weighted by atomic mass is 32.2. The largest absolute Gasteiger partial charge is 0.355 e. The van der Waals surface area contributed by atoms with Crippen LogP contribution in [0.2, 0.25) is 0 Å². The van der Waals surface area contributed by atoms with Crippen molar-refractivity contribution in [1.82, 2.24) is 20.1 Å². The summed E-state index contributed by atoms with van der Waals surface area (Å²) in [6.45, 7) is 9.23. The minimum absolute atomic E-state index is 0.255. The molecule has 0 bridgehead atoms. The highest BCUT2D eigenvalue weighted by Gasteiger charge is 2.28. The van der Waals surface area contributed by atoms with Crippen molar-refractivity contribution in [2.75, 3.05) is 18.0 Å². The molecule has 0 aliphatic carbocycles. The van der Waals surface area contributed by atoms with Crippen LogP contribution in [0.15, 0.2) is 45.4 Å². The van der Waals surface area contributed by atoms with E-state index in [2.05, 4.69) is 44.2 Å². The molecule has 1 aliphatic heterocycles. The van der Waals surface area contributed by atoms with Gasteiger partial charge in [-0.15, -0.1) is 11.3 Å². The number of hydrogen-bond acceptors (Lipinski definition) is 9. The molecular weight excluding hydrogens is 482 g/mol. The van der Waals surface area contributed by atoms with Crippen molar-refractivity contribution < 1.29 is 12.9 Å². The summed E-state index contributed by atoms with van der Waals surface area (Å²) in [5.74, 6) is 2.97. The van der Waals surface area contributed by atoms with E-state index >= 15 is 0 Å². The highest BCUT2D eigenvalue weighted by Crippen LogP contribution is 2.39. The fraction of sp³-hybridized carbons (Fsp3) is 0.440. The monoisotopic (exact) mass is 511 g/mol.